The van der Waals surface area contributed by atoms with Crippen LogP contribution in [0.2, 0.25) is 0 Å². The van der Waals surface area contributed by atoms with E-state index >= 15 is 0 Å². The van der Waals surface area contributed by atoms with Crippen LogP contribution in [0.4, 0.5) is 0 Å². The molecule has 2 unspecified atom stereocenters. The highest BCUT2D eigenvalue weighted by atomic mass is 16.5. The molecule has 1 heterocycles. The van der Waals surface area contributed by atoms with E-state index in [1.807, 2.05) is 19.1 Å². The maximum Gasteiger partial charge on any atom is 0.303 e. The molecule has 0 bridgehead atoms. The van der Waals surface area contributed by atoms with Gasteiger partial charge in [0, 0.05) is 24.4 Å². The predicted octanol–water partition coefficient (Wildman–Crippen LogP) is 2.17. The number of ether oxygens (including phenoxy) is 1. The highest BCUT2D eigenvalue weighted by molar-refractivity contribution is 5.97. The second kappa shape index (κ2) is 5.94. The third kappa shape index (κ3) is 2.92. The molecule has 1 aromatic rings. The number of carboxylic acids is 1. The molecule has 1 aliphatic rings. The molecule has 20 heavy (non-hydrogen) atoms. The van der Waals surface area contributed by atoms with Crippen LogP contribution in [0.3, 0.4) is 0 Å². The molecule has 2 atom stereocenters. The van der Waals surface area contributed by atoms with E-state index < -0.39 is 5.97 Å². The van der Waals surface area contributed by atoms with Crippen LogP contribution in [0.5, 0.6) is 5.75 Å². The first-order valence-corrected chi connectivity index (χ1v) is 6.80. The van der Waals surface area contributed by atoms with Gasteiger partial charge in [0.15, 0.2) is 0 Å². The molecule has 0 fully saturated rings. The van der Waals surface area contributed by atoms with E-state index in [4.69, 9.17) is 9.84 Å². The third-order valence-electron chi connectivity index (χ3n) is 3.64. The lowest BCUT2D eigenvalue weighted by Gasteiger charge is -2.09. The van der Waals surface area contributed by atoms with Gasteiger partial charge in [0.2, 0.25) is 0 Å². The predicted molar refractivity (Wildman–Crippen MR) is 74.2 cm³/mol. The first-order valence-electron chi connectivity index (χ1n) is 6.80. The first kappa shape index (κ1) is 14.4. The molecule has 1 amide bonds. The summed E-state index contributed by atoms with van der Waals surface area (Å²) >= 11 is 0. The van der Waals surface area contributed by atoms with Gasteiger partial charge in [-0.05, 0) is 19.4 Å². The number of para-hydroxylation sites is 1. The summed E-state index contributed by atoms with van der Waals surface area (Å²) in [6, 6.07) is 5.56. The van der Waals surface area contributed by atoms with E-state index in [0.717, 1.165) is 5.56 Å². The Balaban J connectivity index is 2.03. The van der Waals surface area contributed by atoms with E-state index in [-0.39, 0.29) is 24.3 Å². The Kier molecular flexibility index (Phi) is 4.27. The van der Waals surface area contributed by atoms with Crippen LogP contribution in [-0.4, -0.2) is 29.6 Å². The second-order valence-corrected chi connectivity index (χ2v) is 5.09. The van der Waals surface area contributed by atoms with E-state index in [1.165, 1.54) is 0 Å². The molecule has 0 aliphatic carbocycles. The van der Waals surface area contributed by atoms with Gasteiger partial charge in [-0.1, -0.05) is 19.1 Å². The lowest BCUT2D eigenvalue weighted by Crippen LogP contribution is -2.25. The summed E-state index contributed by atoms with van der Waals surface area (Å²) < 4.78 is 5.76. The number of rotatable bonds is 5. The molecule has 2 N–H and O–H groups in total. The smallest absolute Gasteiger partial charge is 0.303 e. The maximum absolute atomic E-state index is 12.1. The normalized spacial score (nSPS) is 20.1. The number of benzene rings is 1. The van der Waals surface area contributed by atoms with Crippen LogP contribution in [0.25, 0.3) is 0 Å². The van der Waals surface area contributed by atoms with Crippen LogP contribution in [-0.2, 0) is 4.79 Å². The molecular weight excluding hydrogens is 258 g/mol. The molecule has 1 aliphatic heterocycles. The number of carboxylic acid groups (broad SMARTS) is 1. The molecule has 0 radical (unpaired) electrons. The molecule has 1 aromatic carbocycles. The van der Waals surface area contributed by atoms with Crippen molar-refractivity contribution in [3.8, 4) is 5.75 Å². The summed E-state index contributed by atoms with van der Waals surface area (Å²) in [6.07, 6.45) is 0.535. The van der Waals surface area contributed by atoms with E-state index in [2.05, 4.69) is 12.2 Å². The fraction of sp³-hybridized carbons (Fsp3) is 0.467. The summed E-state index contributed by atoms with van der Waals surface area (Å²) in [6.45, 7) is 4.41. The second-order valence-electron chi connectivity index (χ2n) is 5.09. The lowest BCUT2D eigenvalue weighted by atomic mass is 9.97. The average molecular weight is 277 g/mol. The number of aliphatic carboxylic acids is 1. The van der Waals surface area contributed by atoms with E-state index in [9.17, 15) is 9.59 Å². The Morgan fingerprint density at radius 2 is 2.10 bits per heavy atom. The highest BCUT2D eigenvalue weighted by Crippen LogP contribution is 2.40. The van der Waals surface area contributed by atoms with Gasteiger partial charge in [-0.25, -0.2) is 0 Å². The molecular formula is C15H19NO4. The molecule has 5 heteroatoms. The quantitative estimate of drug-likeness (QED) is 0.809. The standard InChI is InChI=1S/C15H19NO4/c1-9-10(2)20-14-11(9)5-3-6-12(14)15(19)16-8-4-7-13(17)18/h3,5-6,9-10H,4,7-8H2,1-2H3,(H,16,19)(H,17,18). The van der Waals surface area contributed by atoms with Crippen LogP contribution >= 0.6 is 0 Å². The van der Waals surface area contributed by atoms with Crippen molar-refractivity contribution in [1.82, 2.24) is 5.32 Å². The van der Waals surface area contributed by atoms with Crippen molar-refractivity contribution in [3.63, 3.8) is 0 Å². The zero-order valence-electron chi connectivity index (χ0n) is 11.7. The van der Waals surface area contributed by atoms with Gasteiger partial charge >= 0.3 is 5.97 Å². The molecule has 5 nitrogen and oxygen atoms in total. The fourth-order valence-electron chi connectivity index (χ4n) is 2.30. The lowest BCUT2D eigenvalue weighted by molar-refractivity contribution is -0.137. The Hall–Kier alpha value is -2.04. The van der Waals surface area contributed by atoms with Crippen molar-refractivity contribution in [2.24, 2.45) is 0 Å². The molecule has 108 valence electrons. The van der Waals surface area contributed by atoms with Crippen LogP contribution in [0, 0.1) is 0 Å². The van der Waals surface area contributed by atoms with E-state index in [1.54, 1.807) is 6.07 Å². The number of fused-ring (bicyclic) bond motifs is 1. The topological polar surface area (TPSA) is 75.6 Å². The van der Waals surface area contributed by atoms with Gasteiger partial charge in [0.05, 0.1) is 5.56 Å². The first-order chi connectivity index (χ1) is 9.50. The highest BCUT2D eigenvalue weighted by Gasteiger charge is 2.30. The number of nitrogens with one attached hydrogen (secondary N) is 1. The summed E-state index contributed by atoms with van der Waals surface area (Å²) in [4.78, 5) is 22.5. The minimum atomic E-state index is -0.856. The minimum absolute atomic E-state index is 0.0533. The van der Waals surface area contributed by atoms with Gasteiger partial charge in [-0.2, -0.15) is 0 Å². The monoisotopic (exact) mass is 277 g/mol. The van der Waals surface area contributed by atoms with Gasteiger partial charge in [0.1, 0.15) is 11.9 Å². The Bertz CT molecular complexity index is 527. The SMILES string of the molecule is CC1Oc2c(C(=O)NCCCC(=O)O)cccc2C1C. The summed E-state index contributed by atoms with van der Waals surface area (Å²) in [5, 5.41) is 11.3. The van der Waals surface area contributed by atoms with Crippen LogP contribution in [0.1, 0.15) is 48.5 Å². The average Bonchev–Trinajstić information content (AvgIpc) is 2.70. The summed E-state index contributed by atoms with van der Waals surface area (Å²) in [7, 11) is 0. The zero-order valence-corrected chi connectivity index (χ0v) is 11.7. The van der Waals surface area contributed by atoms with Crippen molar-refractivity contribution >= 4 is 11.9 Å². The summed E-state index contributed by atoms with van der Waals surface area (Å²) in [5.41, 5.74) is 1.57. The molecule has 0 saturated heterocycles. The maximum atomic E-state index is 12.1. The third-order valence-corrected chi connectivity index (χ3v) is 3.64. The molecule has 0 saturated carbocycles. The number of carbonyl (C=O) groups excluding carboxylic acids is 1. The summed E-state index contributed by atoms with van der Waals surface area (Å²) in [5.74, 6) is -0.146. The number of amides is 1. The van der Waals surface area contributed by atoms with Gasteiger partial charge < -0.3 is 15.2 Å². The Labute approximate surface area is 117 Å². The largest absolute Gasteiger partial charge is 0.489 e. The van der Waals surface area contributed by atoms with E-state index in [0.29, 0.717) is 24.3 Å². The van der Waals surface area contributed by atoms with Crippen molar-refractivity contribution in [2.75, 3.05) is 6.54 Å². The van der Waals surface area contributed by atoms with Crippen LogP contribution in [0.15, 0.2) is 18.2 Å². The minimum Gasteiger partial charge on any atom is -0.489 e. The van der Waals surface area contributed by atoms with Crippen molar-refractivity contribution in [3.05, 3.63) is 29.3 Å². The Morgan fingerprint density at radius 3 is 2.80 bits per heavy atom. The number of carbonyl (C=O) groups is 2. The molecule has 2 rings (SSSR count). The van der Waals surface area contributed by atoms with Gasteiger partial charge in [-0.15, -0.1) is 0 Å². The molecule has 0 aromatic heterocycles. The Morgan fingerprint density at radius 1 is 1.35 bits per heavy atom. The zero-order chi connectivity index (χ0) is 14.7. The van der Waals surface area contributed by atoms with Gasteiger partial charge in [-0.3, -0.25) is 9.59 Å². The number of hydrogen-bond acceptors (Lipinski definition) is 3. The fourth-order valence-corrected chi connectivity index (χ4v) is 2.30. The van der Waals surface area contributed by atoms with Crippen LogP contribution < -0.4 is 10.1 Å². The van der Waals surface area contributed by atoms with Crippen molar-refractivity contribution in [2.45, 2.75) is 38.7 Å². The number of hydrogen-bond donors (Lipinski definition) is 2. The van der Waals surface area contributed by atoms with Crippen molar-refractivity contribution in [1.29, 1.82) is 0 Å². The van der Waals surface area contributed by atoms with Crippen molar-refractivity contribution < 1.29 is 19.4 Å². The van der Waals surface area contributed by atoms with Gasteiger partial charge in [0.25, 0.3) is 5.91 Å². The molecule has 0 spiro atoms.